The Morgan fingerprint density at radius 2 is 2.06 bits per heavy atom. The van der Waals surface area contributed by atoms with Gasteiger partial charge in [0.05, 0.1) is 10.2 Å². The van der Waals surface area contributed by atoms with Crippen molar-refractivity contribution >= 4 is 21.7 Å². The third kappa shape index (κ3) is 4.21. The number of anilines is 1. The molecule has 0 aliphatic rings. The number of ether oxygens (including phenoxy) is 1. The summed E-state index contributed by atoms with van der Waals surface area (Å²) >= 11 is 3.59. The van der Waals surface area contributed by atoms with Crippen molar-refractivity contribution in [2.75, 3.05) is 25.6 Å². The van der Waals surface area contributed by atoms with E-state index in [0.29, 0.717) is 5.92 Å². The zero-order valence-electron chi connectivity index (χ0n) is 11.6. The Morgan fingerprint density at radius 1 is 1.33 bits per heavy atom. The average Bonchev–Trinajstić information content (AvgIpc) is 2.33. The molecule has 0 aliphatic heterocycles. The standard InChI is InChI=1S/C13H22BrN3O/c1-5-15-13-11(14)12(9(2)3)16-10(17-13)7-6-8-18-4/h9H,5-8H2,1-4H3,(H,15,16,17). The van der Waals surface area contributed by atoms with Crippen LogP contribution in [-0.2, 0) is 11.2 Å². The van der Waals surface area contributed by atoms with Gasteiger partial charge in [0.1, 0.15) is 11.6 Å². The number of rotatable bonds is 7. The molecule has 1 aromatic heterocycles. The number of hydrogen-bond donors (Lipinski definition) is 1. The van der Waals surface area contributed by atoms with Gasteiger partial charge in [0, 0.05) is 26.7 Å². The van der Waals surface area contributed by atoms with E-state index in [1.807, 2.05) is 0 Å². The number of methoxy groups -OCH3 is 1. The third-order valence-corrected chi connectivity index (χ3v) is 3.34. The molecule has 0 saturated carbocycles. The van der Waals surface area contributed by atoms with Crippen LogP contribution in [0.5, 0.6) is 0 Å². The zero-order valence-corrected chi connectivity index (χ0v) is 13.2. The van der Waals surface area contributed by atoms with Crippen molar-refractivity contribution in [3.63, 3.8) is 0 Å². The van der Waals surface area contributed by atoms with E-state index >= 15 is 0 Å². The van der Waals surface area contributed by atoms with Crippen LogP contribution in [0.4, 0.5) is 5.82 Å². The molecule has 1 rings (SSSR count). The Balaban J connectivity index is 2.96. The summed E-state index contributed by atoms with van der Waals surface area (Å²) in [6, 6.07) is 0. The number of nitrogens with one attached hydrogen (secondary N) is 1. The Bertz CT molecular complexity index is 383. The van der Waals surface area contributed by atoms with Crippen LogP contribution in [0.3, 0.4) is 0 Å². The van der Waals surface area contributed by atoms with Gasteiger partial charge in [-0.3, -0.25) is 0 Å². The second kappa shape index (κ2) is 7.69. The normalized spacial score (nSPS) is 11.0. The van der Waals surface area contributed by atoms with Crippen molar-refractivity contribution in [1.29, 1.82) is 0 Å². The molecule has 0 aromatic carbocycles. The molecule has 1 N–H and O–H groups in total. The van der Waals surface area contributed by atoms with Gasteiger partial charge in [0.25, 0.3) is 0 Å². The van der Waals surface area contributed by atoms with Gasteiger partial charge >= 0.3 is 0 Å². The fourth-order valence-corrected chi connectivity index (χ4v) is 2.44. The maximum absolute atomic E-state index is 5.06. The first-order chi connectivity index (χ1) is 8.60. The first-order valence-electron chi connectivity index (χ1n) is 6.39. The molecule has 0 aliphatic carbocycles. The van der Waals surface area contributed by atoms with E-state index in [4.69, 9.17) is 4.74 Å². The van der Waals surface area contributed by atoms with Crippen LogP contribution < -0.4 is 5.32 Å². The quantitative estimate of drug-likeness (QED) is 0.784. The number of aromatic nitrogens is 2. The molecule has 1 heterocycles. The summed E-state index contributed by atoms with van der Waals surface area (Å²) in [7, 11) is 1.71. The molecule has 102 valence electrons. The smallest absolute Gasteiger partial charge is 0.144 e. The van der Waals surface area contributed by atoms with Gasteiger partial charge in [-0.15, -0.1) is 0 Å². The van der Waals surface area contributed by atoms with Crippen LogP contribution >= 0.6 is 15.9 Å². The summed E-state index contributed by atoms with van der Waals surface area (Å²) in [4.78, 5) is 9.19. The number of nitrogens with zero attached hydrogens (tertiary/aromatic N) is 2. The molecule has 4 nitrogen and oxygen atoms in total. The lowest BCUT2D eigenvalue weighted by Gasteiger charge is -2.14. The van der Waals surface area contributed by atoms with Crippen LogP contribution in [0, 0.1) is 0 Å². The van der Waals surface area contributed by atoms with E-state index < -0.39 is 0 Å². The van der Waals surface area contributed by atoms with Gasteiger partial charge < -0.3 is 10.1 Å². The highest BCUT2D eigenvalue weighted by molar-refractivity contribution is 9.10. The Kier molecular flexibility index (Phi) is 6.57. The Morgan fingerprint density at radius 3 is 2.61 bits per heavy atom. The highest BCUT2D eigenvalue weighted by Gasteiger charge is 2.14. The SMILES string of the molecule is CCNc1nc(CCCOC)nc(C(C)C)c1Br. The minimum atomic E-state index is 0.376. The van der Waals surface area contributed by atoms with Gasteiger partial charge in [-0.05, 0) is 35.2 Å². The lowest BCUT2D eigenvalue weighted by atomic mass is 10.1. The molecular formula is C13H22BrN3O. The second-order valence-electron chi connectivity index (χ2n) is 4.47. The molecule has 1 aromatic rings. The van der Waals surface area contributed by atoms with E-state index in [1.54, 1.807) is 7.11 Å². The van der Waals surface area contributed by atoms with Crippen LogP contribution in [0.2, 0.25) is 0 Å². The van der Waals surface area contributed by atoms with Crippen molar-refractivity contribution in [3.05, 3.63) is 16.0 Å². The summed E-state index contributed by atoms with van der Waals surface area (Å²) in [5.41, 5.74) is 1.06. The highest BCUT2D eigenvalue weighted by Crippen LogP contribution is 2.28. The monoisotopic (exact) mass is 315 g/mol. The van der Waals surface area contributed by atoms with Crippen LogP contribution in [0.1, 0.15) is 44.6 Å². The molecule has 0 fully saturated rings. The fraction of sp³-hybridized carbons (Fsp3) is 0.692. The highest BCUT2D eigenvalue weighted by atomic mass is 79.9. The summed E-state index contributed by atoms with van der Waals surface area (Å²) in [6.45, 7) is 7.94. The summed E-state index contributed by atoms with van der Waals surface area (Å²) in [5.74, 6) is 2.15. The molecule has 5 heteroatoms. The van der Waals surface area contributed by atoms with Crippen LogP contribution in [0.15, 0.2) is 4.47 Å². The summed E-state index contributed by atoms with van der Waals surface area (Å²) in [6.07, 6.45) is 1.79. The summed E-state index contributed by atoms with van der Waals surface area (Å²) < 4.78 is 6.04. The van der Waals surface area contributed by atoms with Crippen LogP contribution in [0.25, 0.3) is 0 Å². The average molecular weight is 316 g/mol. The maximum atomic E-state index is 5.06. The minimum Gasteiger partial charge on any atom is -0.385 e. The van der Waals surface area contributed by atoms with E-state index in [2.05, 4.69) is 52.0 Å². The first-order valence-corrected chi connectivity index (χ1v) is 7.18. The predicted octanol–water partition coefficient (Wildman–Crippen LogP) is 3.37. The van der Waals surface area contributed by atoms with Gasteiger partial charge in [0.2, 0.25) is 0 Å². The molecule has 18 heavy (non-hydrogen) atoms. The molecule has 0 radical (unpaired) electrons. The predicted molar refractivity (Wildman–Crippen MR) is 78.2 cm³/mol. The van der Waals surface area contributed by atoms with Crippen molar-refractivity contribution in [1.82, 2.24) is 9.97 Å². The molecule has 0 bridgehead atoms. The van der Waals surface area contributed by atoms with Crippen molar-refractivity contribution in [2.45, 2.75) is 39.5 Å². The molecule has 0 spiro atoms. The molecule has 0 saturated heterocycles. The van der Waals surface area contributed by atoms with E-state index in [-0.39, 0.29) is 0 Å². The lowest BCUT2D eigenvalue weighted by molar-refractivity contribution is 0.194. The first kappa shape index (κ1) is 15.4. The van der Waals surface area contributed by atoms with E-state index in [1.165, 1.54) is 0 Å². The zero-order chi connectivity index (χ0) is 13.5. The van der Waals surface area contributed by atoms with Gasteiger partial charge in [-0.2, -0.15) is 0 Å². The summed E-state index contributed by atoms with van der Waals surface area (Å²) in [5, 5.41) is 3.27. The number of halogens is 1. The maximum Gasteiger partial charge on any atom is 0.144 e. The number of aryl methyl sites for hydroxylation is 1. The molecular weight excluding hydrogens is 294 g/mol. The lowest BCUT2D eigenvalue weighted by Crippen LogP contribution is -2.09. The molecule has 0 unspecified atom stereocenters. The minimum absolute atomic E-state index is 0.376. The Labute approximate surface area is 118 Å². The largest absolute Gasteiger partial charge is 0.385 e. The number of hydrogen-bond acceptors (Lipinski definition) is 4. The molecule has 0 amide bonds. The third-order valence-electron chi connectivity index (χ3n) is 2.56. The second-order valence-corrected chi connectivity index (χ2v) is 5.26. The van der Waals surface area contributed by atoms with Crippen LogP contribution in [-0.4, -0.2) is 30.2 Å². The van der Waals surface area contributed by atoms with E-state index in [9.17, 15) is 0 Å². The Hall–Kier alpha value is -0.680. The van der Waals surface area contributed by atoms with Gasteiger partial charge in [0.15, 0.2) is 0 Å². The van der Waals surface area contributed by atoms with Crippen molar-refractivity contribution in [3.8, 4) is 0 Å². The fourth-order valence-electron chi connectivity index (χ4n) is 1.67. The topological polar surface area (TPSA) is 47.0 Å². The van der Waals surface area contributed by atoms with E-state index in [0.717, 1.165) is 47.8 Å². The van der Waals surface area contributed by atoms with Gasteiger partial charge in [-0.25, -0.2) is 9.97 Å². The van der Waals surface area contributed by atoms with Crippen molar-refractivity contribution < 1.29 is 4.74 Å². The molecule has 0 atom stereocenters. The van der Waals surface area contributed by atoms with Crippen molar-refractivity contribution in [2.24, 2.45) is 0 Å². The van der Waals surface area contributed by atoms with Gasteiger partial charge in [-0.1, -0.05) is 13.8 Å².